The van der Waals surface area contributed by atoms with Crippen molar-refractivity contribution in [3.63, 3.8) is 0 Å². The number of anilines is 2. The zero-order valence-corrected chi connectivity index (χ0v) is 27.1. The van der Waals surface area contributed by atoms with Gasteiger partial charge in [-0.25, -0.2) is 24.3 Å². The van der Waals surface area contributed by atoms with Gasteiger partial charge in [-0.3, -0.25) is 14.0 Å². The minimum absolute atomic E-state index is 0.0384. The number of carbonyl (C=O) groups excluding carboxylic acids is 1. The van der Waals surface area contributed by atoms with Crippen LogP contribution in [0.25, 0.3) is 28.0 Å². The van der Waals surface area contributed by atoms with E-state index in [1.807, 2.05) is 46.5 Å². The van der Waals surface area contributed by atoms with Crippen LogP contribution >= 0.6 is 11.3 Å². The molecule has 48 heavy (non-hydrogen) atoms. The maximum absolute atomic E-state index is 13.5. The number of fused-ring (bicyclic) bond motifs is 1. The summed E-state index contributed by atoms with van der Waals surface area (Å²) in [6.45, 7) is 5.22. The van der Waals surface area contributed by atoms with E-state index in [1.54, 1.807) is 24.5 Å². The van der Waals surface area contributed by atoms with E-state index in [4.69, 9.17) is 19.9 Å². The Morgan fingerprint density at radius 1 is 1.12 bits per heavy atom. The number of halogens is 1. The monoisotopic (exact) mass is 668 g/mol. The number of aryl methyl sites for hydroxylation is 1. The van der Waals surface area contributed by atoms with Crippen LogP contribution in [-0.4, -0.2) is 92.0 Å². The number of hydrogen-bond donors (Lipinski definition) is 3. The first-order valence-electron chi connectivity index (χ1n) is 15.4. The van der Waals surface area contributed by atoms with E-state index in [0.717, 1.165) is 54.5 Å². The molecule has 0 atom stereocenters. The number of benzene rings is 1. The molecule has 6 heterocycles. The van der Waals surface area contributed by atoms with Crippen molar-refractivity contribution in [1.82, 2.24) is 39.9 Å². The Morgan fingerprint density at radius 3 is 2.44 bits per heavy atom. The highest BCUT2D eigenvalue weighted by molar-refractivity contribution is 7.16. The van der Waals surface area contributed by atoms with Crippen molar-refractivity contribution >= 4 is 40.3 Å². The molecule has 0 saturated carbocycles. The SMILES string of the molecule is CCc1nc2ccc(-c3cnc(CC(=O)N4CC(NC5CNC5)C4)nc3)cn2c1N(C)c1nc(-c2ccc(F)cc2)c(C#N)s1.O=CO. The lowest BCUT2D eigenvalue weighted by Gasteiger charge is -2.43. The molecular weight excluding hydrogens is 635 g/mol. The maximum atomic E-state index is 13.5. The van der Waals surface area contributed by atoms with Crippen LogP contribution in [0.5, 0.6) is 0 Å². The van der Waals surface area contributed by atoms with Gasteiger partial charge in [0.2, 0.25) is 5.91 Å². The van der Waals surface area contributed by atoms with Crippen LogP contribution in [0.3, 0.4) is 0 Å². The van der Waals surface area contributed by atoms with Crippen LogP contribution in [-0.2, 0) is 22.4 Å². The minimum Gasteiger partial charge on any atom is -0.483 e. The summed E-state index contributed by atoms with van der Waals surface area (Å²) in [5.41, 5.74) is 4.55. The molecular formula is C33H33FN10O3S. The van der Waals surface area contributed by atoms with Crippen molar-refractivity contribution in [3.8, 4) is 28.5 Å². The second-order valence-electron chi connectivity index (χ2n) is 11.4. The molecule has 246 valence electrons. The number of aromatic nitrogens is 5. The minimum atomic E-state index is -0.345. The summed E-state index contributed by atoms with van der Waals surface area (Å²) in [5, 5.41) is 24.1. The molecule has 2 aliphatic heterocycles. The third-order valence-corrected chi connectivity index (χ3v) is 9.31. The Kier molecular flexibility index (Phi) is 9.67. The third-order valence-electron chi connectivity index (χ3n) is 8.27. The van der Waals surface area contributed by atoms with Gasteiger partial charge in [0.05, 0.1) is 12.1 Å². The average molecular weight is 669 g/mol. The molecule has 15 heteroatoms. The molecule has 0 unspecified atom stereocenters. The Balaban J connectivity index is 0.00000129. The highest BCUT2D eigenvalue weighted by Gasteiger charge is 2.33. The number of amides is 1. The number of likely N-dealkylation sites (tertiary alicyclic amines) is 1. The fourth-order valence-corrected chi connectivity index (χ4v) is 6.48. The Labute approximate surface area is 279 Å². The number of carboxylic acid groups (broad SMARTS) is 1. The molecule has 7 rings (SSSR count). The highest BCUT2D eigenvalue weighted by atomic mass is 32.1. The molecule has 0 aliphatic carbocycles. The second-order valence-corrected chi connectivity index (χ2v) is 12.4. The predicted octanol–water partition coefficient (Wildman–Crippen LogP) is 3.27. The van der Waals surface area contributed by atoms with Gasteiger partial charge in [-0.05, 0) is 42.8 Å². The topological polar surface area (TPSA) is 165 Å². The van der Waals surface area contributed by atoms with E-state index >= 15 is 0 Å². The lowest BCUT2D eigenvalue weighted by molar-refractivity contribution is -0.135. The lowest BCUT2D eigenvalue weighted by Crippen LogP contribution is -2.67. The molecule has 4 aromatic heterocycles. The number of pyridine rings is 1. The van der Waals surface area contributed by atoms with Crippen molar-refractivity contribution in [2.24, 2.45) is 0 Å². The van der Waals surface area contributed by atoms with Crippen molar-refractivity contribution in [2.75, 3.05) is 38.1 Å². The fraction of sp³-hybridized carbons (Fsp3) is 0.303. The first-order chi connectivity index (χ1) is 23.3. The Hall–Kier alpha value is -5.30. The van der Waals surface area contributed by atoms with Crippen LogP contribution in [0.4, 0.5) is 15.3 Å². The largest absolute Gasteiger partial charge is 0.483 e. The number of nitriles is 1. The quantitative estimate of drug-likeness (QED) is 0.198. The van der Waals surface area contributed by atoms with Gasteiger partial charge in [-0.15, -0.1) is 0 Å². The number of nitrogens with zero attached hydrogens (tertiary/aromatic N) is 8. The van der Waals surface area contributed by atoms with Gasteiger partial charge in [-0.1, -0.05) is 18.3 Å². The van der Waals surface area contributed by atoms with E-state index < -0.39 is 0 Å². The first kappa shape index (κ1) is 32.6. The van der Waals surface area contributed by atoms with Gasteiger partial charge in [0.15, 0.2) is 5.13 Å². The van der Waals surface area contributed by atoms with E-state index in [2.05, 4.69) is 26.7 Å². The molecule has 2 saturated heterocycles. The van der Waals surface area contributed by atoms with Gasteiger partial charge in [0, 0.05) is 80.6 Å². The number of nitrogens with one attached hydrogen (secondary N) is 2. The van der Waals surface area contributed by atoms with Crippen molar-refractivity contribution < 1.29 is 19.1 Å². The smallest absolute Gasteiger partial charge is 0.290 e. The van der Waals surface area contributed by atoms with E-state index in [9.17, 15) is 14.4 Å². The fourth-order valence-electron chi connectivity index (χ4n) is 5.64. The van der Waals surface area contributed by atoms with Crippen LogP contribution in [0, 0.1) is 17.1 Å². The number of rotatable bonds is 9. The van der Waals surface area contributed by atoms with Crippen LogP contribution in [0.15, 0.2) is 55.0 Å². The van der Waals surface area contributed by atoms with E-state index in [1.165, 1.54) is 23.5 Å². The summed E-state index contributed by atoms with van der Waals surface area (Å²) in [4.78, 5) is 44.0. The summed E-state index contributed by atoms with van der Waals surface area (Å²) in [6.07, 6.45) is 6.34. The van der Waals surface area contributed by atoms with Crippen LogP contribution < -0.4 is 15.5 Å². The number of thiazole rings is 1. The summed E-state index contributed by atoms with van der Waals surface area (Å²) < 4.78 is 15.5. The van der Waals surface area contributed by atoms with Crippen molar-refractivity contribution in [2.45, 2.75) is 31.8 Å². The van der Waals surface area contributed by atoms with Gasteiger partial charge in [0.1, 0.15) is 39.7 Å². The number of carbonyl (C=O) groups is 2. The van der Waals surface area contributed by atoms with Gasteiger partial charge >= 0.3 is 0 Å². The maximum Gasteiger partial charge on any atom is 0.290 e. The van der Waals surface area contributed by atoms with Crippen molar-refractivity contribution in [3.05, 3.63) is 77.2 Å². The molecule has 0 bridgehead atoms. The second kappa shape index (κ2) is 14.2. The summed E-state index contributed by atoms with van der Waals surface area (Å²) in [7, 11) is 1.90. The average Bonchev–Trinajstić information content (AvgIpc) is 3.65. The summed E-state index contributed by atoms with van der Waals surface area (Å²) >= 11 is 1.28. The molecule has 3 N–H and O–H groups in total. The Bertz CT molecular complexity index is 1960. The third kappa shape index (κ3) is 6.72. The molecule has 0 radical (unpaired) electrons. The highest BCUT2D eigenvalue weighted by Crippen LogP contribution is 2.37. The van der Waals surface area contributed by atoms with Gasteiger partial charge < -0.3 is 25.5 Å². The number of hydrogen-bond acceptors (Lipinski definition) is 11. The standard InChI is InChI=1S/C32H31FN10OS.CH2O2/c1-3-25-31(41(2)32-40-30(26(11-34)45-32)19-4-7-22(33)8-5-19)43-16-20(6-9-28(43)39-25)21-12-36-27(37-13-21)10-29(44)42-17-24(18-42)38-23-14-35-15-23;2-1-3/h4-9,12-13,16,23-24,35,38H,3,10,14-15,17-18H2,1-2H3;1H,(H,2,3). The first-order valence-corrected chi connectivity index (χ1v) is 16.2. The molecule has 5 aromatic rings. The molecule has 0 spiro atoms. The molecule has 2 fully saturated rings. The van der Waals surface area contributed by atoms with Crippen molar-refractivity contribution in [1.29, 1.82) is 5.26 Å². The summed E-state index contributed by atoms with van der Waals surface area (Å²) in [6, 6.07) is 13.0. The lowest BCUT2D eigenvalue weighted by atomic mass is 10.0. The van der Waals surface area contributed by atoms with E-state index in [-0.39, 0.29) is 24.6 Å². The zero-order valence-electron chi connectivity index (χ0n) is 26.3. The van der Waals surface area contributed by atoms with Gasteiger partial charge in [-0.2, -0.15) is 5.26 Å². The molecule has 13 nitrogen and oxygen atoms in total. The van der Waals surface area contributed by atoms with Gasteiger partial charge in [0.25, 0.3) is 6.47 Å². The zero-order chi connectivity index (χ0) is 33.8. The molecule has 1 amide bonds. The summed E-state index contributed by atoms with van der Waals surface area (Å²) in [5.74, 6) is 1.02. The Morgan fingerprint density at radius 2 is 1.81 bits per heavy atom. The molecule has 2 aliphatic rings. The van der Waals surface area contributed by atoms with Crippen LogP contribution in [0.1, 0.15) is 23.3 Å². The predicted molar refractivity (Wildman–Crippen MR) is 178 cm³/mol. The normalized spacial score (nSPS) is 14.4. The molecule has 1 aromatic carbocycles. The number of imidazole rings is 1. The van der Waals surface area contributed by atoms with E-state index in [0.29, 0.717) is 45.6 Å². The van der Waals surface area contributed by atoms with Crippen LogP contribution in [0.2, 0.25) is 0 Å².